The van der Waals surface area contributed by atoms with E-state index in [-0.39, 0.29) is 30.4 Å². The molecule has 0 saturated carbocycles. The van der Waals surface area contributed by atoms with Gasteiger partial charge in [-0.1, -0.05) is 12.1 Å². The summed E-state index contributed by atoms with van der Waals surface area (Å²) >= 11 is 1.28. The number of carboxylic acids is 1. The highest BCUT2D eigenvalue weighted by Gasteiger charge is 2.54. The maximum Gasteiger partial charge on any atom is 0.352 e. The zero-order chi connectivity index (χ0) is 24.4. The van der Waals surface area contributed by atoms with E-state index in [1.54, 1.807) is 6.07 Å². The van der Waals surface area contributed by atoms with Crippen LogP contribution in [0.5, 0.6) is 5.75 Å². The van der Waals surface area contributed by atoms with Crippen molar-refractivity contribution in [1.29, 1.82) is 0 Å². The minimum absolute atomic E-state index is 0.0134. The van der Waals surface area contributed by atoms with Gasteiger partial charge >= 0.3 is 11.9 Å². The second kappa shape index (κ2) is 9.64. The lowest BCUT2D eigenvalue weighted by Gasteiger charge is -2.49. The van der Waals surface area contributed by atoms with Gasteiger partial charge in [0, 0.05) is 18.2 Å². The summed E-state index contributed by atoms with van der Waals surface area (Å²) in [5, 5.41) is 11.6. The molecule has 34 heavy (non-hydrogen) atoms. The number of aliphatic carboxylic acids is 1. The number of amides is 2. The van der Waals surface area contributed by atoms with Crippen molar-refractivity contribution in [2.75, 3.05) is 12.4 Å². The Balaban J connectivity index is 1.38. The molecule has 2 amide bonds. The number of carbonyl (C=O) groups excluding carboxylic acids is 3. The molecule has 2 aromatic rings. The van der Waals surface area contributed by atoms with Gasteiger partial charge in [0.2, 0.25) is 0 Å². The van der Waals surface area contributed by atoms with Crippen LogP contribution in [0.1, 0.15) is 28.8 Å². The maximum absolute atomic E-state index is 12.7. The first-order chi connectivity index (χ1) is 16.2. The van der Waals surface area contributed by atoms with Crippen molar-refractivity contribution in [3.05, 3.63) is 64.8 Å². The van der Waals surface area contributed by atoms with E-state index >= 15 is 0 Å². The van der Waals surface area contributed by atoms with Gasteiger partial charge in [0.15, 0.2) is 5.76 Å². The third kappa shape index (κ3) is 4.79. The Hall–Kier alpha value is -3.73. The molecule has 1 aromatic heterocycles. The Bertz CT molecular complexity index is 1190. The Labute approximate surface area is 198 Å². The molecule has 11 heteroatoms. The Morgan fingerprint density at radius 1 is 1.24 bits per heavy atom. The monoisotopic (exact) mass is 486 g/mol. The molecule has 0 bridgehead atoms. The number of thioether (sulfide) groups is 1. The molecule has 4 rings (SSSR count). The molecule has 2 atom stereocenters. The van der Waals surface area contributed by atoms with Crippen molar-refractivity contribution < 1.29 is 38.2 Å². The normalized spacial score (nSPS) is 19.2. The lowest BCUT2D eigenvalue weighted by atomic mass is 10.0. The van der Waals surface area contributed by atoms with Gasteiger partial charge in [0.25, 0.3) is 11.8 Å². The van der Waals surface area contributed by atoms with E-state index in [0.29, 0.717) is 17.1 Å². The molecular formula is C23H22N2O8S. The molecule has 2 aliphatic heterocycles. The van der Waals surface area contributed by atoms with Crippen molar-refractivity contribution in [2.24, 2.45) is 0 Å². The van der Waals surface area contributed by atoms with Crippen LogP contribution >= 0.6 is 11.8 Å². The topological polar surface area (TPSA) is 135 Å². The number of carbonyl (C=O) groups is 4. The minimum atomic E-state index is -1.30. The zero-order valence-electron chi connectivity index (χ0n) is 18.4. The summed E-state index contributed by atoms with van der Waals surface area (Å²) in [4.78, 5) is 49.3. The highest BCUT2D eigenvalue weighted by molar-refractivity contribution is 8.00. The maximum atomic E-state index is 12.7. The summed E-state index contributed by atoms with van der Waals surface area (Å²) in [6.07, 6.45) is 0. The van der Waals surface area contributed by atoms with Crippen LogP contribution in [0.3, 0.4) is 0 Å². The molecule has 0 radical (unpaired) electrons. The van der Waals surface area contributed by atoms with Crippen LogP contribution in [-0.2, 0) is 25.7 Å². The number of furan rings is 1. The summed E-state index contributed by atoms with van der Waals surface area (Å²) in [6.45, 7) is 3.08. The number of β-lactam (4-membered cyclic amide) rings is 1. The summed E-state index contributed by atoms with van der Waals surface area (Å²) in [6, 6.07) is 9.71. The highest BCUT2D eigenvalue weighted by atomic mass is 32.2. The van der Waals surface area contributed by atoms with Crippen LogP contribution in [0.25, 0.3) is 0 Å². The fourth-order valence-corrected chi connectivity index (χ4v) is 4.96. The predicted molar refractivity (Wildman–Crippen MR) is 120 cm³/mol. The third-order valence-corrected chi connectivity index (χ3v) is 6.58. The molecule has 1 aromatic carbocycles. The molecule has 3 heterocycles. The number of nitrogens with one attached hydrogen (secondary N) is 1. The van der Waals surface area contributed by atoms with E-state index in [1.165, 1.54) is 24.8 Å². The highest BCUT2D eigenvalue weighted by Crippen LogP contribution is 2.40. The van der Waals surface area contributed by atoms with Crippen LogP contribution < -0.4 is 10.1 Å². The lowest BCUT2D eigenvalue weighted by Crippen LogP contribution is -2.70. The first kappa shape index (κ1) is 23.4. The number of ether oxygens (including phenoxy) is 2. The third-order valence-electron chi connectivity index (χ3n) is 5.24. The first-order valence-corrected chi connectivity index (χ1v) is 11.4. The van der Waals surface area contributed by atoms with Gasteiger partial charge in [-0.25, -0.2) is 4.79 Å². The SMILES string of the molecule is CC(=O)OCC1=C(C(=O)O)N2C(=O)[C@H](NC(=O)c3ccc(COc4cccc(C)c4)o3)[C@H]2SC1. The number of hydrogen-bond acceptors (Lipinski definition) is 8. The molecule has 10 nitrogen and oxygen atoms in total. The van der Waals surface area contributed by atoms with E-state index in [2.05, 4.69) is 5.32 Å². The Morgan fingerprint density at radius 3 is 2.74 bits per heavy atom. The summed E-state index contributed by atoms with van der Waals surface area (Å²) in [7, 11) is 0. The fourth-order valence-electron chi connectivity index (χ4n) is 3.63. The lowest BCUT2D eigenvalue weighted by molar-refractivity contribution is -0.149. The van der Waals surface area contributed by atoms with Crippen LogP contribution in [0.15, 0.2) is 52.1 Å². The number of nitrogens with zero attached hydrogens (tertiary/aromatic N) is 1. The van der Waals surface area contributed by atoms with E-state index < -0.39 is 35.2 Å². The molecule has 178 valence electrons. The van der Waals surface area contributed by atoms with Crippen LogP contribution in [0, 0.1) is 6.92 Å². The van der Waals surface area contributed by atoms with Crippen LogP contribution in [0.2, 0.25) is 0 Å². The molecule has 0 unspecified atom stereocenters. The van der Waals surface area contributed by atoms with E-state index in [0.717, 1.165) is 10.5 Å². The molecule has 0 spiro atoms. The number of esters is 1. The second-order valence-electron chi connectivity index (χ2n) is 7.77. The summed E-state index contributed by atoms with van der Waals surface area (Å²) < 4.78 is 16.1. The van der Waals surface area contributed by atoms with Gasteiger partial charge in [-0.2, -0.15) is 0 Å². The minimum Gasteiger partial charge on any atom is -0.486 e. The molecule has 2 N–H and O–H groups in total. The van der Waals surface area contributed by atoms with E-state index in [4.69, 9.17) is 13.9 Å². The number of carboxylic acid groups (broad SMARTS) is 1. The number of rotatable bonds is 8. The van der Waals surface area contributed by atoms with Gasteiger partial charge < -0.3 is 24.3 Å². The molecule has 1 fully saturated rings. The molecule has 1 saturated heterocycles. The summed E-state index contributed by atoms with van der Waals surface area (Å²) in [5.41, 5.74) is 1.16. The number of hydrogen-bond donors (Lipinski definition) is 2. The average molecular weight is 487 g/mol. The molecule has 0 aliphatic carbocycles. The van der Waals surface area contributed by atoms with Crippen molar-refractivity contribution in [3.63, 3.8) is 0 Å². The van der Waals surface area contributed by atoms with Gasteiger partial charge in [-0.05, 0) is 36.8 Å². The largest absolute Gasteiger partial charge is 0.486 e. The van der Waals surface area contributed by atoms with Crippen molar-refractivity contribution in [1.82, 2.24) is 10.2 Å². The van der Waals surface area contributed by atoms with Crippen molar-refractivity contribution in [3.8, 4) is 5.75 Å². The fraction of sp³-hybridized carbons (Fsp3) is 0.304. The zero-order valence-corrected chi connectivity index (χ0v) is 19.2. The number of fused-ring (bicyclic) bond motifs is 1. The van der Waals surface area contributed by atoms with Crippen molar-refractivity contribution >= 4 is 35.5 Å². The summed E-state index contributed by atoms with van der Waals surface area (Å²) in [5.74, 6) is -1.62. The Kier molecular flexibility index (Phi) is 6.64. The van der Waals surface area contributed by atoms with E-state index in [9.17, 15) is 24.3 Å². The molecule has 2 aliphatic rings. The quantitative estimate of drug-likeness (QED) is 0.425. The van der Waals surface area contributed by atoms with Gasteiger partial charge in [-0.15, -0.1) is 11.8 Å². The molecular weight excluding hydrogens is 464 g/mol. The van der Waals surface area contributed by atoms with Gasteiger partial charge in [-0.3, -0.25) is 19.3 Å². The van der Waals surface area contributed by atoms with Crippen LogP contribution in [0.4, 0.5) is 0 Å². The number of aryl methyl sites for hydroxylation is 1. The standard InChI is InChI=1S/C23H22N2O8S/c1-12-4-3-5-15(8-12)32-10-16-6-7-17(33-16)20(27)24-18-21(28)25-19(23(29)30)14(9-31-13(2)26)11-34-22(18)25/h3-8,18,22H,9-11H2,1-2H3,(H,24,27)(H,29,30)/t18-,22+/m0/s1. The predicted octanol–water partition coefficient (Wildman–Crippen LogP) is 2.08. The van der Waals surface area contributed by atoms with Gasteiger partial charge in [0.05, 0.1) is 0 Å². The van der Waals surface area contributed by atoms with E-state index in [1.807, 2.05) is 31.2 Å². The van der Waals surface area contributed by atoms with Crippen molar-refractivity contribution in [2.45, 2.75) is 31.9 Å². The second-order valence-corrected chi connectivity index (χ2v) is 8.87. The smallest absolute Gasteiger partial charge is 0.352 e. The van der Waals surface area contributed by atoms with Gasteiger partial charge in [0.1, 0.15) is 41.8 Å². The Morgan fingerprint density at radius 2 is 2.03 bits per heavy atom. The first-order valence-electron chi connectivity index (χ1n) is 10.4. The average Bonchev–Trinajstić information content (AvgIpc) is 3.28. The number of benzene rings is 1. The van der Waals surface area contributed by atoms with Crippen LogP contribution in [-0.4, -0.2) is 57.5 Å².